The number of hydrogen-bond donors (Lipinski definition) is 1. The summed E-state index contributed by atoms with van der Waals surface area (Å²) in [5.41, 5.74) is 3.74. The van der Waals surface area contributed by atoms with Gasteiger partial charge in [-0.15, -0.1) is 0 Å². The van der Waals surface area contributed by atoms with Crippen molar-refractivity contribution in [2.24, 2.45) is 0 Å². The van der Waals surface area contributed by atoms with Crippen LogP contribution in [0.5, 0.6) is 0 Å². The van der Waals surface area contributed by atoms with Crippen LogP contribution in [0.1, 0.15) is 37.9 Å². The maximum atomic E-state index is 4.30. The van der Waals surface area contributed by atoms with E-state index in [0.717, 1.165) is 18.7 Å². The maximum Gasteiger partial charge on any atom is 0.0542 e. The van der Waals surface area contributed by atoms with Gasteiger partial charge in [0.15, 0.2) is 0 Å². The van der Waals surface area contributed by atoms with E-state index in [1.54, 1.807) is 0 Å². The number of aryl methyl sites for hydroxylation is 2. The van der Waals surface area contributed by atoms with E-state index < -0.39 is 0 Å². The van der Waals surface area contributed by atoms with Crippen LogP contribution in [0, 0.1) is 0 Å². The molecule has 1 heterocycles. The second-order valence-electron chi connectivity index (χ2n) is 4.55. The molecule has 0 amide bonds. The molecule has 2 rings (SSSR count). The number of rotatable bonds is 5. The number of anilines is 1. The summed E-state index contributed by atoms with van der Waals surface area (Å²) in [6, 6.07) is 8.89. The normalized spacial score (nSPS) is 12.4. The molecule has 96 valence electrons. The molecule has 0 bridgehead atoms. The van der Waals surface area contributed by atoms with Gasteiger partial charge in [-0.2, -0.15) is 5.10 Å². The topological polar surface area (TPSA) is 29.9 Å². The molecule has 18 heavy (non-hydrogen) atoms. The van der Waals surface area contributed by atoms with Crippen molar-refractivity contribution < 1.29 is 0 Å². The van der Waals surface area contributed by atoms with Gasteiger partial charge in [0.05, 0.1) is 12.2 Å². The third-order valence-electron chi connectivity index (χ3n) is 3.22. The first-order valence-electron chi connectivity index (χ1n) is 6.60. The van der Waals surface area contributed by atoms with Gasteiger partial charge in [0.25, 0.3) is 0 Å². The summed E-state index contributed by atoms with van der Waals surface area (Å²) in [4.78, 5) is 0. The predicted octanol–water partition coefficient (Wildman–Crippen LogP) is 3.64. The molecule has 3 heteroatoms. The van der Waals surface area contributed by atoms with Gasteiger partial charge in [0.2, 0.25) is 0 Å². The Hall–Kier alpha value is -1.77. The minimum absolute atomic E-state index is 0.276. The highest BCUT2D eigenvalue weighted by atomic mass is 15.3. The average molecular weight is 243 g/mol. The summed E-state index contributed by atoms with van der Waals surface area (Å²) >= 11 is 0. The van der Waals surface area contributed by atoms with Crippen molar-refractivity contribution in [3.63, 3.8) is 0 Å². The highest BCUT2D eigenvalue weighted by molar-refractivity contribution is 5.46. The third kappa shape index (κ3) is 2.92. The first kappa shape index (κ1) is 12.7. The Balaban J connectivity index is 2.03. The van der Waals surface area contributed by atoms with Crippen molar-refractivity contribution in [1.29, 1.82) is 0 Å². The molecule has 0 aliphatic rings. The maximum absolute atomic E-state index is 4.30. The van der Waals surface area contributed by atoms with E-state index >= 15 is 0 Å². The van der Waals surface area contributed by atoms with E-state index in [0.29, 0.717) is 0 Å². The molecule has 1 N–H and O–H groups in total. The van der Waals surface area contributed by atoms with E-state index in [-0.39, 0.29) is 6.04 Å². The summed E-state index contributed by atoms with van der Waals surface area (Å²) in [6.45, 7) is 7.34. The number of aromatic nitrogens is 2. The van der Waals surface area contributed by atoms with Crippen LogP contribution >= 0.6 is 0 Å². The van der Waals surface area contributed by atoms with Crippen LogP contribution in [-0.2, 0) is 13.0 Å². The highest BCUT2D eigenvalue weighted by Gasteiger charge is 2.07. The summed E-state index contributed by atoms with van der Waals surface area (Å²) in [7, 11) is 0. The first-order valence-corrected chi connectivity index (χ1v) is 6.60. The molecule has 0 fully saturated rings. The Morgan fingerprint density at radius 2 is 1.94 bits per heavy atom. The van der Waals surface area contributed by atoms with Gasteiger partial charge in [0, 0.05) is 24.0 Å². The van der Waals surface area contributed by atoms with Crippen LogP contribution < -0.4 is 5.32 Å². The summed E-state index contributed by atoms with van der Waals surface area (Å²) in [6.07, 6.45) is 5.11. The summed E-state index contributed by atoms with van der Waals surface area (Å²) in [5, 5.41) is 7.79. The van der Waals surface area contributed by atoms with E-state index in [9.17, 15) is 0 Å². The number of benzene rings is 1. The number of hydrogen-bond acceptors (Lipinski definition) is 2. The van der Waals surface area contributed by atoms with E-state index in [1.807, 2.05) is 10.9 Å². The lowest BCUT2D eigenvalue weighted by molar-refractivity contribution is 0.658. The zero-order chi connectivity index (χ0) is 13.0. The second kappa shape index (κ2) is 5.71. The summed E-state index contributed by atoms with van der Waals surface area (Å²) < 4.78 is 1.95. The van der Waals surface area contributed by atoms with Gasteiger partial charge in [-0.25, -0.2) is 0 Å². The molecule has 1 atom stereocenters. The summed E-state index contributed by atoms with van der Waals surface area (Å²) in [5.74, 6) is 0. The molecule has 0 radical (unpaired) electrons. The van der Waals surface area contributed by atoms with Crippen molar-refractivity contribution in [2.45, 2.75) is 39.8 Å². The smallest absolute Gasteiger partial charge is 0.0542 e. The Bertz CT molecular complexity index is 485. The molecule has 2 aromatic rings. The van der Waals surface area contributed by atoms with Gasteiger partial charge >= 0.3 is 0 Å². The van der Waals surface area contributed by atoms with Gasteiger partial charge in [0.1, 0.15) is 0 Å². The van der Waals surface area contributed by atoms with Gasteiger partial charge < -0.3 is 5.32 Å². The first-order chi connectivity index (χ1) is 8.72. The van der Waals surface area contributed by atoms with Crippen LogP contribution in [0.25, 0.3) is 0 Å². The predicted molar refractivity (Wildman–Crippen MR) is 75.8 cm³/mol. The fraction of sp³-hybridized carbons (Fsp3) is 0.400. The molecule has 0 saturated carbocycles. The fourth-order valence-corrected chi connectivity index (χ4v) is 1.95. The zero-order valence-electron chi connectivity index (χ0n) is 11.4. The lowest BCUT2D eigenvalue weighted by Crippen LogP contribution is -2.05. The minimum atomic E-state index is 0.276. The second-order valence-corrected chi connectivity index (χ2v) is 4.55. The molecule has 0 aliphatic carbocycles. The molecule has 0 aliphatic heterocycles. The third-order valence-corrected chi connectivity index (χ3v) is 3.22. The zero-order valence-corrected chi connectivity index (χ0v) is 11.4. The van der Waals surface area contributed by atoms with Crippen LogP contribution in [0.15, 0.2) is 36.7 Å². The standard InChI is InChI=1S/C15H21N3/c1-4-13-6-8-15(9-7-13)17-12(3)14-10-16-18(5-2)11-14/h6-12,17H,4-5H2,1-3H3. The molecular formula is C15H21N3. The van der Waals surface area contributed by atoms with E-state index in [1.165, 1.54) is 11.1 Å². The average Bonchev–Trinajstić information content (AvgIpc) is 2.88. The van der Waals surface area contributed by atoms with Crippen LogP contribution in [0.4, 0.5) is 5.69 Å². The fourth-order valence-electron chi connectivity index (χ4n) is 1.95. The molecule has 1 aromatic heterocycles. The number of nitrogens with one attached hydrogen (secondary N) is 1. The quantitative estimate of drug-likeness (QED) is 0.869. The Kier molecular flexibility index (Phi) is 4.03. The molecule has 3 nitrogen and oxygen atoms in total. The van der Waals surface area contributed by atoms with Crippen LogP contribution in [0.3, 0.4) is 0 Å². The Labute approximate surface area is 109 Å². The van der Waals surface area contributed by atoms with Gasteiger partial charge in [-0.3, -0.25) is 4.68 Å². The molecule has 1 unspecified atom stereocenters. The largest absolute Gasteiger partial charge is 0.378 e. The van der Waals surface area contributed by atoms with E-state index in [2.05, 4.69) is 61.6 Å². The van der Waals surface area contributed by atoms with Crippen molar-refractivity contribution in [3.05, 3.63) is 47.8 Å². The van der Waals surface area contributed by atoms with Crippen molar-refractivity contribution in [1.82, 2.24) is 9.78 Å². The molecule has 0 spiro atoms. The highest BCUT2D eigenvalue weighted by Crippen LogP contribution is 2.19. The lowest BCUT2D eigenvalue weighted by atomic mass is 10.1. The van der Waals surface area contributed by atoms with Crippen molar-refractivity contribution in [2.75, 3.05) is 5.32 Å². The van der Waals surface area contributed by atoms with Crippen LogP contribution in [0.2, 0.25) is 0 Å². The van der Waals surface area contributed by atoms with E-state index in [4.69, 9.17) is 0 Å². The molecule has 0 saturated heterocycles. The van der Waals surface area contributed by atoms with Gasteiger partial charge in [-0.05, 0) is 38.0 Å². The monoisotopic (exact) mass is 243 g/mol. The SMILES string of the molecule is CCc1ccc(NC(C)c2cnn(CC)c2)cc1. The number of nitrogens with zero attached hydrogens (tertiary/aromatic N) is 2. The van der Waals surface area contributed by atoms with Crippen molar-refractivity contribution >= 4 is 5.69 Å². The Morgan fingerprint density at radius 3 is 2.50 bits per heavy atom. The minimum Gasteiger partial charge on any atom is -0.378 e. The molecule has 1 aromatic carbocycles. The van der Waals surface area contributed by atoms with Crippen LogP contribution in [-0.4, -0.2) is 9.78 Å². The Morgan fingerprint density at radius 1 is 1.22 bits per heavy atom. The lowest BCUT2D eigenvalue weighted by Gasteiger charge is -2.13. The van der Waals surface area contributed by atoms with Crippen molar-refractivity contribution in [3.8, 4) is 0 Å². The van der Waals surface area contributed by atoms with Gasteiger partial charge in [-0.1, -0.05) is 19.1 Å². The molecular weight excluding hydrogens is 222 g/mol.